The van der Waals surface area contributed by atoms with Gasteiger partial charge in [-0.2, -0.15) is 10.2 Å². The first-order valence-electron chi connectivity index (χ1n) is 3.21. The van der Waals surface area contributed by atoms with Crippen LogP contribution in [0.2, 0.25) is 0 Å². The maximum Gasteiger partial charge on any atom is 0.290 e. The van der Waals surface area contributed by atoms with Gasteiger partial charge in [0.05, 0.1) is 5.88 Å². The fourth-order valence-corrected chi connectivity index (χ4v) is 1.03. The lowest BCUT2D eigenvalue weighted by Crippen LogP contribution is -2.17. The minimum absolute atomic E-state index is 0.0337. The highest BCUT2D eigenvalue weighted by Crippen LogP contribution is 1.96. The molecule has 0 saturated heterocycles. The van der Waals surface area contributed by atoms with Gasteiger partial charge in [-0.3, -0.25) is 4.79 Å². The largest absolute Gasteiger partial charge is 0.337 e. The van der Waals surface area contributed by atoms with Gasteiger partial charge in [-0.15, -0.1) is 11.6 Å². The molecule has 0 fully saturated rings. The quantitative estimate of drug-likeness (QED) is 0.592. The van der Waals surface area contributed by atoms with Crippen LogP contribution in [0.3, 0.4) is 0 Å². The second-order valence-electron chi connectivity index (χ2n) is 2.23. The van der Waals surface area contributed by atoms with Crippen LogP contribution < -0.4 is 5.56 Å². The van der Waals surface area contributed by atoms with Crippen molar-refractivity contribution in [3.05, 3.63) is 27.9 Å². The standard InChI is InChI=1S/C7H6ClN3O/c1-11-4-5(3-9)7(12)10-6(11)2-8/h4H,2H2,1H3. The number of aromatic nitrogens is 2. The van der Waals surface area contributed by atoms with Gasteiger partial charge in [0.25, 0.3) is 5.56 Å². The van der Waals surface area contributed by atoms with E-state index < -0.39 is 5.56 Å². The third kappa shape index (κ3) is 1.46. The van der Waals surface area contributed by atoms with Crippen LogP contribution in [0.25, 0.3) is 0 Å². The topological polar surface area (TPSA) is 58.7 Å². The van der Waals surface area contributed by atoms with Gasteiger partial charge >= 0.3 is 0 Å². The Labute approximate surface area is 74.0 Å². The predicted molar refractivity (Wildman–Crippen MR) is 43.8 cm³/mol. The lowest BCUT2D eigenvalue weighted by Gasteiger charge is -2.02. The molecule has 1 aromatic rings. The molecule has 0 aliphatic heterocycles. The van der Waals surface area contributed by atoms with E-state index in [0.717, 1.165) is 0 Å². The smallest absolute Gasteiger partial charge is 0.290 e. The molecule has 0 radical (unpaired) electrons. The third-order valence-electron chi connectivity index (χ3n) is 1.43. The Balaban J connectivity index is 3.39. The number of aryl methyl sites for hydroxylation is 1. The number of hydrogen-bond donors (Lipinski definition) is 0. The van der Waals surface area contributed by atoms with Crippen molar-refractivity contribution in [1.29, 1.82) is 5.26 Å². The van der Waals surface area contributed by atoms with Gasteiger partial charge in [-0.1, -0.05) is 0 Å². The normalized spacial score (nSPS) is 9.42. The first-order chi connectivity index (χ1) is 5.69. The van der Waals surface area contributed by atoms with E-state index in [4.69, 9.17) is 16.9 Å². The number of halogens is 1. The predicted octanol–water partition coefficient (Wildman–Crippen LogP) is 0.391. The molecule has 1 rings (SSSR count). The maximum atomic E-state index is 11.0. The highest BCUT2D eigenvalue weighted by molar-refractivity contribution is 6.16. The van der Waals surface area contributed by atoms with Crippen molar-refractivity contribution >= 4 is 11.6 Å². The van der Waals surface area contributed by atoms with Crippen molar-refractivity contribution in [2.45, 2.75) is 5.88 Å². The molecule has 0 atom stereocenters. The van der Waals surface area contributed by atoms with Crippen LogP contribution in [0.1, 0.15) is 11.4 Å². The van der Waals surface area contributed by atoms with Gasteiger partial charge in [-0.25, -0.2) is 0 Å². The summed E-state index contributed by atoms with van der Waals surface area (Å²) in [4.78, 5) is 14.6. The second kappa shape index (κ2) is 3.37. The Morgan fingerprint density at radius 2 is 2.50 bits per heavy atom. The van der Waals surface area contributed by atoms with E-state index in [9.17, 15) is 4.79 Å². The number of rotatable bonds is 1. The van der Waals surface area contributed by atoms with E-state index in [-0.39, 0.29) is 11.4 Å². The molecule has 0 aliphatic carbocycles. The lowest BCUT2D eigenvalue weighted by molar-refractivity contribution is 0.784. The van der Waals surface area contributed by atoms with Crippen molar-refractivity contribution in [2.24, 2.45) is 7.05 Å². The molecule has 1 heterocycles. The van der Waals surface area contributed by atoms with Crippen LogP contribution in [-0.4, -0.2) is 9.55 Å². The summed E-state index contributed by atoms with van der Waals surface area (Å²) in [6.45, 7) is 0. The number of nitriles is 1. The van der Waals surface area contributed by atoms with Gasteiger partial charge in [0.15, 0.2) is 0 Å². The Bertz CT molecular complexity index is 391. The van der Waals surface area contributed by atoms with Gasteiger partial charge in [0, 0.05) is 13.2 Å². The zero-order valence-corrected chi connectivity index (χ0v) is 7.17. The SMILES string of the molecule is Cn1cc(C#N)c(=O)nc1CCl. The van der Waals surface area contributed by atoms with Crippen molar-refractivity contribution in [3.8, 4) is 6.07 Å². The first kappa shape index (κ1) is 8.75. The maximum absolute atomic E-state index is 11.0. The van der Waals surface area contributed by atoms with Crippen LogP contribution in [0.15, 0.2) is 11.0 Å². The van der Waals surface area contributed by atoms with Crippen LogP contribution in [0, 0.1) is 11.3 Å². The molecule has 62 valence electrons. The fourth-order valence-electron chi connectivity index (χ4n) is 0.781. The molecular formula is C7H6ClN3O. The second-order valence-corrected chi connectivity index (χ2v) is 2.50. The molecular weight excluding hydrogens is 178 g/mol. The van der Waals surface area contributed by atoms with E-state index in [0.29, 0.717) is 5.82 Å². The molecule has 0 saturated carbocycles. The van der Waals surface area contributed by atoms with E-state index in [1.165, 1.54) is 6.20 Å². The van der Waals surface area contributed by atoms with E-state index >= 15 is 0 Å². The molecule has 0 aliphatic rings. The molecule has 1 aromatic heterocycles. The summed E-state index contributed by atoms with van der Waals surface area (Å²) in [6, 6.07) is 1.75. The van der Waals surface area contributed by atoms with Crippen LogP contribution in [-0.2, 0) is 12.9 Å². The summed E-state index contributed by atoms with van der Waals surface area (Å²) >= 11 is 5.49. The Hall–Kier alpha value is -1.34. The molecule has 0 amide bonds. The molecule has 0 aromatic carbocycles. The molecule has 5 heteroatoms. The molecule has 0 unspecified atom stereocenters. The Kier molecular flexibility index (Phi) is 2.46. The molecule has 0 bridgehead atoms. The van der Waals surface area contributed by atoms with Crippen molar-refractivity contribution in [1.82, 2.24) is 9.55 Å². The minimum atomic E-state index is -0.522. The first-order valence-corrected chi connectivity index (χ1v) is 3.75. The highest BCUT2D eigenvalue weighted by atomic mass is 35.5. The lowest BCUT2D eigenvalue weighted by atomic mass is 10.3. The summed E-state index contributed by atoms with van der Waals surface area (Å²) in [5.74, 6) is 0.623. The fraction of sp³-hybridized carbons (Fsp3) is 0.286. The molecule has 0 spiro atoms. The minimum Gasteiger partial charge on any atom is -0.337 e. The Morgan fingerprint density at radius 1 is 1.83 bits per heavy atom. The van der Waals surface area contributed by atoms with E-state index in [1.807, 2.05) is 0 Å². The summed E-state index contributed by atoms with van der Waals surface area (Å²) in [6.07, 6.45) is 1.42. The summed E-state index contributed by atoms with van der Waals surface area (Å²) in [7, 11) is 1.69. The highest BCUT2D eigenvalue weighted by Gasteiger charge is 2.03. The Morgan fingerprint density at radius 3 is 3.00 bits per heavy atom. The third-order valence-corrected chi connectivity index (χ3v) is 1.67. The summed E-state index contributed by atoms with van der Waals surface area (Å²) in [5, 5.41) is 8.47. The number of hydrogen-bond acceptors (Lipinski definition) is 3. The van der Waals surface area contributed by atoms with Crippen molar-refractivity contribution in [2.75, 3.05) is 0 Å². The van der Waals surface area contributed by atoms with Crippen LogP contribution >= 0.6 is 11.6 Å². The average Bonchev–Trinajstić information content (AvgIpc) is 2.08. The van der Waals surface area contributed by atoms with E-state index in [2.05, 4.69) is 4.98 Å². The number of nitrogens with zero attached hydrogens (tertiary/aromatic N) is 3. The zero-order chi connectivity index (χ0) is 9.14. The van der Waals surface area contributed by atoms with Gasteiger partial charge in [0.2, 0.25) is 0 Å². The van der Waals surface area contributed by atoms with Gasteiger partial charge < -0.3 is 4.57 Å². The monoisotopic (exact) mass is 183 g/mol. The summed E-state index contributed by atoms with van der Waals surface area (Å²) < 4.78 is 1.56. The van der Waals surface area contributed by atoms with Crippen LogP contribution in [0.5, 0.6) is 0 Å². The van der Waals surface area contributed by atoms with Gasteiger partial charge in [-0.05, 0) is 0 Å². The summed E-state index contributed by atoms with van der Waals surface area (Å²) in [5.41, 5.74) is -0.488. The number of alkyl halides is 1. The molecule has 0 N–H and O–H groups in total. The van der Waals surface area contributed by atoms with Crippen molar-refractivity contribution in [3.63, 3.8) is 0 Å². The molecule has 12 heavy (non-hydrogen) atoms. The van der Waals surface area contributed by atoms with Gasteiger partial charge in [0.1, 0.15) is 17.5 Å². The molecule has 4 nitrogen and oxygen atoms in total. The zero-order valence-electron chi connectivity index (χ0n) is 6.41. The average molecular weight is 184 g/mol. The van der Waals surface area contributed by atoms with Crippen LogP contribution in [0.4, 0.5) is 0 Å². The van der Waals surface area contributed by atoms with Crippen molar-refractivity contribution < 1.29 is 0 Å². The van der Waals surface area contributed by atoms with E-state index in [1.54, 1.807) is 17.7 Å².